The van der Waals surface area contributed by atoms with Gasteiger partial charge in [-0.25, -0.2) is 0 Å². The molecule has 0 unspecified atom stereocenters. The lowest BCUT2D eigenvalue weighted by Gasteiger charge is -2.39. The summed E-state index contributed by atoms with van der Waals surface area (Å²) in [7, 11) is 0. The van der Waals surface area contributed by atoms with E-state index in [1.165, 1.54) is 25.7 Å². The third-order valence-electron chi connectivity index (χ3n) is 4.18. The Hall–Kier alpha value is -0.370. The van der Waals surface area contributed by atoms with Crippen LogP contribution in [-0.2, 0) is 9.53 Å². The van der Waals surface area contributed by atoms with E-state index in [1.54, 1.807) is 0 Å². The zero-order chi connectivity index (χ0) is 13.4. The molecular formula is C16H30O2. The van der Waals surface area contributed by atoms with Gasteiger partial charge < -0.3 is 4.74 Å². The minimum atomic E-state index is -0.420. The Morgan fingerprint density at radius 3 is 2.28 bits per heavy atom. The molecule has 1 rings (SSSR count). The Kier molecular flexibility index (Phi) is 6.91. The maximum atomic E-state index is 12.4. The molecule has 0 N–H and O–H groups in total. The molecule has 0 radical (unpaired) electrons. The largest absolute Gasteiger partial charge is 0.367 e. The lowest BCUT2D eigenvalue weighted by Crippen LogP contribution is -2.45. The van der Waals surface area contributed by atoms with Gasteiger partial charge in [-0.2, -0.15) is 0 Å². The van der Waals surface area contributed by atoms with Crippen molar-refractivity contribution in [2.75, 3.05) is 6.61 Å². The molecule has 0 amide bonds. The highest BCUT2D eigenvalue weighted by molar-refractivity contribution is 5.87. The van der Waals surface area contributed by atoms with Gasteiger partial charge in [-0.05, 0) is 44.4 Å². The van der Waals surface area contributed by atoms with E-state index in [0.29, 0.717) is 12.2 Å². The molecule has 1 aliphatic rings. The van der Waals surface area contributed by atoms with Crippen LogP contribution in [0.25, 0.3) is 0 Å². The lowest BCUT2D eigenvalue weighted by molar-refractivity contribution is -0.151. The van der Waals surface area contributed by atoms with Crippen molar-refractivity contribution in [2.45, 2.75) is 84.2 Å². The first kappa shape index (κ1) is 15.7. The molecular weight excluding hydrogens is 224 g/mol. The number of hydrogen-bond acceptors (Lipinski definition) is 2. The quantitative estimate of drug-likeness (QED) is 0.637. The van der Waals surface area contributed by atoms with Gasteiger partial charge in [-0.3, -0.25) is 4.79 Å². The van der Waals surface area contributed by atoms with Gasteiger partial charge >= 0.3 is 0 Å². The van der Waals surface area contributed by atoms with Crippen molar-refractivity contribution in [3.8, 4) is 0 Å². The smallest absolute Gasteiger partial charge is 0.164 e. The zero-order valence-corrected chi connectivity index (χ0v) is 12.5. The van der Waals surface area contributed by atoms with Gasteiger partial charge in [0.1, 0.15) is 5.60 Å². The third kappa shape index (κ3) is 4.08. The molecule has 0 bridgehead atoms. The first-order chi connectivity index (χ1) is 8.68. The van der Waals surface area contributed by atoms with E-state index in [9.17, 15) is 4.79 Å². The van der Waals surface area contributed by atoms with Crippen LogP contribution in [-0.4, -0.2) is 18.0 Å². The summed E-state index contributed by atoms with van der Waals surface area (Å²) in [5.74, 6) is 1.18. The van der Waals surface area contributed by atoms with Crippen molar-refractivity contribution in [1.82, 2.24) is 0 Å². The second-order valence-electron chi connectivity index (χ2n) is 5.75. The molecule has 0 atom stereocenters. The number of hydrogen-bond donors (Lipinski definition) is 0. The molecule has 18 heavy (non-hydrogen) atoms. The first-order valence-electron chi connectivity index (χ1n) is 7.85. The van der Waals surface area contributed by atoms with Gasteiger partial charge in [0.2, 0.25) is 0 Å². The summed E-state index contributed by atoms with van der Waals surface area (Å²) in [4.78, 5) is 12.4. The van der Waals surface area contributed by atoms with Crippen molar-refractivity contribution < 1.29 is 9.53 Å². The second kappa shape index (κ2) is 7.93. The van der Waals surface area contributed by atoms with Crippen LogP contribution < -0.4 is 0 Å². The summed E-state index contributed by atoms with van der Waals surface area (Å²) >= 11 is 0. The fourth-order valence-corrected chi connectivity index (χ4v) is 3.10. The Labute approximate surface area is 112 Å². The average Bonchev–Trinajstić information content (AvgIpc) is 2.39. The van der Waals surface area contributed by atoms with Crippen molar-refractivity contribution in [3.05, 3.63) is 0 Å². The minimum absolute atomic E-state index is 0.355. The lowest BCUT2D eigenvalue weighted by atomic mass is 9.74. The third-order valence-corrected chi connectivity index (χ3v) is 4.18. The molecule has 2 nitrogen and oxygen atoms in total. The normalized spacial score (nSPS) is 28.3. The maximum absolute atomic E-state index is 12.4. The Bertz CT molecular complexity index is 239. The standard InChI is InChI=1S/C16H30O2/c1-4-7-14-9-11-16(12-10-14,18-13-6-3)15(17)8-5-2/h14H,4-13H2,1-3H3. The Balaban J connectivity index is 2.60. The van der Waals surface area contributed by atoms with Crippen LogP contribution in [0.3, 0.4) is 0 Å². The van der Waals surface area contributed by atoms with E-state index in [-0.39, 0.29) is 0 Å². The van der Waals surface area contributed by atoms with E-state index >= 15 is 0 Å². The maximum Gasteiger partial charge on any atom is 0.164 e. The molecule has 1 saturated carbocycles. The van der Waals surface area contributed by atoms with Gasteiger partial charge in [0.15, 0.2) is 5.78 Å². The number of Topliss-reactive ketones (excluding diaryl/α,β-unsaturated/α-hetero) is 1. The Morgan fingerprint density at radius 2 is 1.78 bits per heavy atom. The molecule has 0 aromatic rings. The molecule has 0 aliphatic heterocycles. The number of carbonyl (C=O) groups is 1. The van der Waals surface area contributed by atoms with Crippen molar-refractivity contribution >= 4 is 5.78 Å². The predicted octanol–water partition coefficient (Wildman–Crippen LogP) is 4.51. The van der Waals surface area contributed by atoms with Crippen LogP contribution in [0.15, 0.2) is 0 Å². The Morgan fingerprint density at radius 1 is 1.11 bits per heavy atom. The highest BCUT2D eigenvalue weighted by Crippen LogP contribution is 2.38. The van der Waals surface area contributed by atoms with Crippen molar-refractivity contribution in [1.29, 1.82) is 0 Å². The van der Waals surface area contributed by atoms with E-state index in [4.69, 9.17) is 4.74 Å². The summed E-state index contributed by atoms with van der Waals surface area (Å²) in [6, 6.07) is 0. The van der Waals surface area contributed by atoms with E-state index < -0.39 is 5.60 Å². The van der Waals surface area contributed by atoms with Crippen molar-refractivity contribution in [2.24, 2.45) is 5.92 Å². The molecule has 0 saturated heterocycles. The molecule has 0 spiro atoms. The minimum Gasteiger partial charge on any atom is -0.367 e. The topological polar surface area (TPSA) is 26.3 Å². The molecule has 0 aromatic carbocycles. The van der Waals surface area contributed by atoms with E-state index in [1.807, 2.05) is 0 Å². The fourth-order valence-electron chi connectivity index (χ4n) is 3.10. The molecule has 2 heteroatoms. The van der Waals surface area contributed by atoms with Crippen LogP contribution in [0, 0.1) is 5.92 Å². The monoisotopic (exact) mass is 254 g/mol. The first-order valence-corrected chi connectivity index (χ1v) is 7.85. The van der Waals surface area contributed by atoms with Crippen LogP contribution in [0.2, 0.25) is 0 Å². The number of carbonyl (C=O) groups excluding carboxylic acids is 1. The van der Waals surface area contributed by atoms with Gasteiger partial charge in [0, 0.05) is 13.0 Å². The molecule has 0 heterocycles. The number of ketones is 1. The summed E-state index contributed by atoms with van der Waals surface area (Å²) < 4.78 is 6.01. The molecule has 106 valence electrons. The second-order valence-corrected chi connectivity index (χ2v) is 5.75. The zero-order valence-electron chi connectivity index (χ0n) is 12.5. The predicted molar refractivity (Wildman–Crippen MR) is 75.8 cm³/mol. The van der Waals surface area contributed by atoms with Gasteiger partial charge in [0.25, 0.3) is 0 Å². The summed E-state index contributed by atoms with van der Waals surface area (Å²) in [5.41, 5.74) is -0.420. The van der Waals surface area contributed by atoms with Crippen molar-refractivity contribution in [3.63, 3.8) is 0 Å². The summed E-state index contributed by atoms with van der Waals surface area (Å²) in [5, 5.41) is 0. The van der Waals surface area contributed by atoms with Gasteiger partial charge in [0.05, 0.1) is 0 Å². The van der Waals surface area contributed by atoms with Gasteiger partial charge in [-0.1, -0.05) is 33.6 Å². The average molecular weight is 254 g/mol. The SMILES string of the molecule is CCCOC1(C(=O)CCC)CCC(CCC)CC1. The summed E-state index contributed by atoms with van der Waals surface area (Å²) in [6.45, 7) is 7.17. The number of ether oxygens (including phenoxy) is 1. The summed E-state index contributed by atoms with van der Waals surface area (Å²) in [6.07, 6.45) is 9.45. The number of rotatable bonds is 8. The van der Waals surface area contributed by atoms with E-state index in [2.05, 4.69) is 20.8 Å². The van der Waals surface area contributed by atoms with Crippen LogP contribution >= 0.6 is 0 Å². The van der Waals surface area contributed by atoms with Crippen LogP contribution in [0.4, 0.5) is 0 Å². The highest BCUT2D eigenvalue weighted by Gasteiger charge is 2.41. The molecule has 1 aliphatic carbocycles. The van der Waals surface area contributed by atoms with Gasteiger partial charge in [-0.15, -0.1) is 0 Å². The molecule has 0 aromatic heterocycles. The fraction of sp³-hybridized carbons (Fsp3) is 0.938. The highest BCUT2D eigenvalue weighted by atomic mass is 16.5. The molecule has 1 fully saturated rings. The van der Waals surface area contributed by atoms with E-state index in [0.717, 1.165) is 38.2 Å². The van der Waals surface area contributed by atoms with Crippen LogP contribution in [0.5, 0.6) is 0 Å². The van der Waals surface area contributed by atoms with Crippen LogP contribution in [0.1, 0.15) is 78.6 Å².